The van der Waals surface area contributed by atoms with E-state index in [4.69, 9.17) is 0 Å². The third-order valence-electron chi connectivity index (χ3n) is 2.90. The maximum atomic E-state index is 13.6. The summed E-state index contributed by atoms with van der Waals surface area (Å²) in [6.07, 6.45) is 0. The van der Waals surface area contributed by atoms with Crippen LogP contribution in [0.4, 0.5) is 4.39 Å². The van der Waals surface area contributed by atoms with Gasteiger partial charge in [0.2, 0.25) is 0 Å². The third-order valence-corrected chi connectivity index (χ3v) is 3.43. The van der Waals surface area contributed by atoms with Crippen LogP contribution in [0.2, 0.25) is 0 Å². The van der Waals surface area contributed by atoms with E-state index in [-0.39, 0.29) is 11.9 Å². The largest absolute Gasteiger partial charge is 0.306 e. The van der Waals surface area contributed by atoms with Gasteiger partial charge in [0.25, 0.3) is 0 Å². The van der Waals surface area contributed by atoms with E-state index in [1.54, 1.807) is 6.07 Å². The Balaban J connectivity index is 1.98. The molecule has 0 aliphatic rings. The van der Waals surface area contributed by atoms with Gasteiger partial charge in [-0.05, 0) is 30.7 Å². The number of benzene rings is 2. The minimum Gasteiger partial charge on any atom is -0.306 e. The second kappa shape index (κ2) is 6.12. The molecule has 3 heteroatoms. The van der Waals surface area contributed by atoms with Gasteiger partial charge in [0, 0.05) is 22.6 Å². The van der Waals surface area contributed by atoms with Gasteiger partial charge in [-0.3, -0.25) is 0 Å². The fraction of sp³-hybridized carbons (Fsp3) is 0.200. The summed E-state index contributed by atoms with van der Waals surface area (Å²) in [6, 6.07) is 15.0. The minimum atomic E-state index is -0.159. The Morgan fingerprint density at radius 1 is 1.11 bits per heavy atom. The summed E-state index contributed by atoms with van der Waals surface area (Å²) in [7, 11) is 0. The number of hydrogen-bond acceptors (Lipinski definition) is 1. The van der Waals surface area contributed by atoms with E-state index in [0.29, 0.717) is 5.56 Å². The lowest BCUT2D eigenvalue weighted by Gasteiger charge is -2.15. The first-order valence-electron chi connectivity index (χ1n) is 5.89. The summed E-state index contributed by atoms with van der Waals surface area (Å²) in [6.45, 7) is 2.69. The predicted octanol–water partition coefficient (Wildman–Crippen LogP) is 4.44. The second-order valence-electron chi connectivity index (χ2n) is 4.25. The molecule has 94 valence electrons. The highest BCUT2D eigenvalue weighted by atomic mass is 79.9. The van der Waals surface area contributed by atoms with Gasteiger partial charge in [-0.15, -0.1) is 0 Å². The molecule has 0 bridgehead atoms. The first-order valence-corrected chi connectivity index (χ1v) is 6.68. The van der Waals surface area contributed by atoms with Crippen LogP contribution >= 0.6 is 15.9 Å². The van der Waals surface area contributed by atoms with Gasteiger partial charge in [0.1, 0.15) is 5.82 Å². The van der Waals surface area contributed by atoms with Gasteiger partial charge in [-0.25, -0.2) is 4.39 Å². The van der Waals surface area contributed by atoms with Crippen LogP contribution in [0.15, 0.2) is 53.0 Å². The summed E-state index contributed by atoms with van der Waals surface area (Å²) in [5.41, 5.74) is 1.89. The Bertz CT molecular complexity index is 510. The van der Waals surface area contributed by atoms with E-state index in [0.717, 1.165) is 11.0 Å². The fourth-order valence-corrected chi connectivity index (χ4v) is 2.07. The van der Waals surface area contributed by atoms with Crippen LogP contribution in [0.5, 0.6) is 0 Å². The van der Waals surface area contributed by atoms with Crippen LogP contribution in [0.3, 0.4) is 0 Å². The van der Waals surface area contributed by atoms with Crippen molar-refractivity contribution >= 4 is 15.9 Å². The molecule has 0 spiro atoms. The molecule has 0 saturated heterocycles. The van der Waals surface area contributed by atoms with E-state index >= 15 is 0 Å². The molecule has 0 saturated carbocycles. The monoisotopic (exact) mass is 307 g/mol. The van der Waals surface area contributed by atoms with Crippen LogP contribution in [0.1, 0.15) is 24.1 Å². The van der Waals surface area contributed by atoms with Crippen LogP contribution in [0.25, 0.3) is 0 Å². The van der Waals surface area contributed by atoms with Gasteiger partial charge >= 0.3 is 0 Å². The van der Waals surface area contributed by atoms with Crippen LogP contribution in [0, 0.1) is 5.82 Å². The highest BCUT2D eigenvalue weighted by molar-refractivity contribution is 9.10. The molecule has 1 N–H and O–H groups in total. The normalized spacial score (nSPS) is 12.4. The smallest absolute Gasteiger partial charge is 0.127 e. The zero-order valence-corrected chi connectivity index (χ0v) is 11.7. The summed E-state index contributed by atoms with van der Waals surface area (Å²) in [5.74, 6) is -0.159. The highest BCUT2D eigenvalue weighted by Crippen LogP contribution is 2.17. The van der Waals surface area contributed by atoms with Crippen molar-refractivity contribution in [2.75, 3.05) is 0 Å². The number of hydrogen-bond donors (Lipinski definition) is 1. The third kappa shape index (κ3) is 3.40. The van der Waals surface area contributed by atoms with Crippen molar-refractivity contribution in [3.05, 3.63) is 69.9 Å². The second-order valence-corrected chi connectivity index (χ2v) is 5.17. The van der Waals surface area contributed by atoms with E-state index in [2.05, 4.69) is 21.2 Å². The number of nitrogens with one attached hydrogen (secondary N) is 1. The molecule has 18 heavy (non-hydrogen) atoms. The maximum Gasteiger partial charge on any atom is 0.127 e. The summed E-state index contributed by atoms with van der Waals surface area (Å²) in [4.78, 5) is 0. The molecule has 2 aromatic carbocycles. The standard InChI is InChI=1S/C15H15BrFN/c1-11(14-4-2-3-5-15(14)17)18-10-12-6-8-13(16)9-7-12/h2-9,11,18H,10H2,1H3/t11-/m1/s1. The summed E-state index contributed by atoms with van der Waals surface area (Å²) in [5, 5.41) is 3.32. The zero-order valence-electron chi connectivity index (χ0n) is 10.2. The van der Waals surface area contributed by atoms with Crippen LogP contribution in [-0.4, -0.2) is 0 Å². The van der Waals surface area contributed by atoms with E-state index in [9.17, 15) is 4.39 Å². The summed E-state index contributed by atoms with van der Waals surface area (Å²) < 4.78 is 14.6. The number of halogens is 2. The Morgan fingerprint density at radius 2 is 1.78 bits per heavy atom. The SMILES string of the molecule is C[C@@H](NCc1ccc(Br)cc1)c1ccccc1F. The van der Waals surface area contributed by atoms with E-state index in [1.807, 2.05) is 43.3 Å². The lowest BCUT2D eigenvalue weighted by Crippen LogP contribution is -2.19. The van der Waals surface area contributed by atoms with Gasteiger partial charge in [-0.2, -0.15) is 0 Å². The average Bonchev–Trinajstić information content (AvgIpc) is 2.38. The van der Waals surface area contributed by atoms with Crippen molar-refractivity contribution in [2.45, 2.75) is 19.5 Å². The Labute approximate surface area is 115 Å². The number of rotatable bonds is 4. The van der Waals surface area contributed by atoms with Crippen molar-refractivity contribution < 1.29 is 4.39 Å². The summed E-state index contributed by atoms with van der Waals surface area (Å²) >= 11 is 3.40. The molecule has 0 heterocycles. The molecule has 1 atom stereocenters. The van der Waals surface area contributed by atoms with E-state index in [1.165, 1.54) is 11.6 Å². The molecule has 2 rings (SSSR count). The topological polar surface area (TPSA) is 12.0 Å². The van der Waals surface area contributed by atoms with Crippen molar-refractivity contribution in [1.29, 1.82) is 0 Å². The first-order chi connectivity index (χ1) is 8.66. The lowest BCUT2D eigenvalue weighted by molar-refractivity contribution is 0.528. The Morgan fingerprint density at radius 3 is 2.44 bits per heavy atom. The van der Waals surface area contributed by atoms with Crippen molar-refractivity contribution in [1.82, 2.24) is 5.32 Å². The molecule has 2 aromatic rings. The molecular formula is C15H15BrFN. The van der Waals surface area contributed by atoms with Crippen molar-refractivity contribution in [3.8, 4) is 0 Å². The fourth-order valence-electron chi connectivity index (χ4n) is 1.81. The van der Waals surface area contributed by atoms with Gasteiger partial charge in [0.15, 0.2) is 0 Å². The molecule has 0 unspecified atom stereocenters. The lowest BCUT2D eigenvalue weighted by atomic mass is 10.1. The predicted molar refractivity (Wildman–Crippen MR) is 75.8 cm³/mol. The molecule has 0 aromatic heterocycles. The zero-order chi connectivity index (χ0) is 13.0. The Kier molecular flexibility index (Phi) is 4.50. The molecule has 0 aliphatic heterocycles. The molecule has 1 nitrogen and oxygen atoms in total. The van der Waals surface area contributed by atoms with Crippen LogP contribution < -0.4 is 5.32 Å². The molecular weight excluding hydrogens is 293 g/mol. The quantitative estimate of drug-likeness (QED) is 0.880. The maximum absolute atomic E-state index is 13.6. The highest BCUT2D eigenvalue weighted by Gasteiger charge is 2.09. The molecule has 0 amide bonds. The van der Waals surface area contributed by atoms with Gasteiger partial charge < -0.3 is 5.32 Å². The minimum absolute atomic E-state index is 0.00477. The Hall–Kier alpha value is -1.19. The first kappa shape index (κ1) is 13.2. The van der Waals surface area contributed by atoms with Crippen molar-refractivity contribution in [2.24, 2.45) is 0 Å². The molecule has 0 fully saturated rings. The molecule has 0 radical (unpaired) electrons. The van der Waals surface area contributed by atoms with Gasteiger partial charge in [-0.1, -0.05) is 46.3 Å². The van der Waals surface area contributed by atoms with E-state index < -0.39 is 0 Å². The van der Waals surface area contributed by atoms with Gasteiger partial charge in [0.05, 0.1) is 0 Å². The molecule has 0 aliphatic carbocycles. The average molecular weight is 308 g/mol. The van der Waals surface area contributed by atoms with Crippen molar-refractivity contribution in [3.63, 3.8) is 0 Å². The van der Waals surface area contributed by atoms with Crippen LogP contribution in [-0.2, 0) is 6.54 Å².